The zero-order valence-corrected chi connectivity index (χ0v) is 20.3. The van der Waals surface area contributed by atoms with Gasteiger partial charge < -0.3 is 44.5 Å². The molecule has 0 spiro atoms. The van der Waals surface area contributed by atoms with Crippen LogP contribution >= 0.6 is 0 Å². The first-order valence-electron chi connectivity index (χ1n) is 12.1. The summed E-state index contributed by atoms with van der Waals surface area (Å²) >= 11 is 0. The molecule has 5 N–H and O–H groups in total. The summed E-state index contributed by atoms with van der Waals surface area (Å²) in [5, 5.41) is 51.8. The second-order valence-corrected chi connectivity index (χ2v) is 9.10. The predicted octanol–water partition coefficient (Wildman–Crippen LogP) is 0.215. The fraction of sp³-hybridized carbons (Fsp3) is 0.407. The van der Waals surface area contributed by atoms with E-state index in [4.69, 9.17) is 18.9 Å². The van der Waals surface area contributed by atoms with Crippen LogP contribution in [0.2, 0.25) is 0 Å². The fourth-order valence-corrected chi connectivity index (χ4v) is 4.14. The molecule has 0 bridgehead atoms. The summed E-state index contributed by atoms with van der Waals surface area (Å²) in [5.74, 6) is -1.57. The van der Waals surface area contributed by atoms with Crippen LogP contribution in [0.1, 0.15) is 28.8 Å². The number of esters is 2. The molecule has 1 aliphatic carbocycles. The van der Waals surface area contributed by atoms with Crippen molar-refractivity contribution in [3.05, 3.63) is 77.9 Å². The highest BCUT2D eigenvalue weighted by Crippen LogP contribution is 2.29. The van der Waals surface area contributed by atoms with Crippen molar-refractivity contribution in [3.63, 3.8) is 0 Å². The lowest BCUT2D eigenvalue weighted by Crippen LogP contribution is -2.60. The van der Waals surface area contributed by atoms with Gasteiger partial charge >= 0.3 is 11.9 Å². The molecule has 11 nitrogen and oxygen atoms in total. The van der Waals surface area contributed by atoms with Crippen LogP contribution in [0, 0.1) is 0 Å². The van der Waals surface area contributed by atoms with Crippen molar-refractivity contribution < 1.29 is 54.1 Å². The van der Waals surface area contributed by atoms with Gasteiger partial charge in [-0.1, -0.05) is 42.5 Å². The molecule has 2 aliphatic rings. The van der Waals surface area contributed by atoms with Gasteiger partial charge in [0.2, 0.25) is 11.9 Å². The van der Waals surface area contributed by atoms with Crippen molar-refractivity contribution in [2.75, 3.05) is 6.61 Å². The van der Waals surface area contributed by atoms with Crippen molar-refractivity contribution in [2.45, 2.75) is 61.9 Å². The lowest BCUT2D eigenvalue weighted by atomic mass is 9.88. The Balaban J connectivity index is 1.41. The molecule has 0 aromatic heterocycles. The highest BCUT2D eigenvalue weighted by molar-refractivity contribution is 5.89. The molecule has 1 fully saturated rings. The number of ether oxygens (including phenoxy) is 4. The quantitative estimate of drug-likeness (QED) is 0.233. The minimum atomic E-state index is -2.17. The Labute approximate surface area is 218 Å². The largest absolute Gasteiger partial charge is 0.462 e. The van der Waals surface area contributed by atoms with E-state index in [2.05, 4.69) is 0 Å². The normalized spacial score (nSPS) is 30.9. The second-order valence-electron chi connectivity index (χ2n) is 9.10. The first kappa shape index (κ1) is 27.7. The summed E-state index contributed by atoms with van der Waals surface area (Å²) in [4.78, 5) is 24.8. The van der Waals surface area contributed by atoms with E-state index in [0.29, 0.717) is 12.0 Å². The number of para-hydroxylation sites is 1. The van der Waals surface area contributed by atoms with Crippen molar-refractivity contribution in [2.24, 2.45) is 0 Å². The summed E-state index contributed by atoms with van der Waals surface area (Å²) in [6.45, 7) is -0.768. The third kappa shape index (κ3) is 6.04. The number of carbonyl (C=O) groups is 2. The second kappa shape index (κ2) is 12.0. The Hall–Kier alpha value is -3.32. The Kier molecular flexibility index (Phi) is 8.77. The van der Waals surface area contributed by atoms with Gasteiger partial charge in [0.05, 0.1) is 11.7 Å². The van der Waals surface area contributed by atoms with Crippen LogP contribution in [0.3, 0.4) is 0 Å². The predicted molar refractivity (Wildman–Crippen MR) is 130 cm³/mol. The first-order valence-corrected chi connectivity index (χ1v) is 12.1. The molecule has 2 aromatic rings. The molecule has 0 saturated carbocycles. The van der Waals surface area contributed by atoms with Gasteiger partial charge in [-0.3, -0.25) is 0 Å². The number of rotatable bonds is 8. The zero-order valence-electron chi connectivity index (χ0n) is 20.3. The maximum absolute atomic E-state index is 12.5. The van der Waals surface area contributed by atoms with Crippen molar-refractivity contribution in [1.82, 2.24) is 0 Å². The van der Waals surface area contributed by atoms with E-state index in [1.165, 1.54) is 12.1 Å². The van der Waals surface area contributed by atoms with Gasteiger partial charge in [-0.05, 0) is 37.1 Å². The molecule has 1 aliphatic heterocycles. The smallest absolute Gasteiger partial charge is 0.345 e. The third-order valence-corrected chi connectivity index (χ3v) is 6.44. The van der Waals surface area contributed by atoms with Crippen molar-refractivity contribution in [3.8, 4) is 5.75 Å². The topological polar surface area (TPSA) is 172 Å². The maximum atomic E-state index is 12.5. The number of carbonyl (C=O) groups excluding carboxylic acids is 2. The van der Waals surface area contributed by atoms with Gasteiger partial charge in [0, 0.05) is 5.56 Å². The van der Waals surface area contributed by atoms with Crippen LogP contribution in [0.25, 0.3) is 0 Å². The number of aliphatic hydroxyl groups is 5. The average molecular weight is 531 g/mol. The summed E-state index contributed by atoms with van der Waals surface area (Å²) < 4.78 is 21.8. The molecular formula is C27H30O11. The van der Waals surface area contributed by atoms with Gasteiger partial charge in [-0.2, -0.15) is 0 Å². The van der Waals surface area contributed by atoms with Gasteiger partial charge in [0.1, 0.15) is 43.4 Å². The Bertz CT molecular complexity index is 1140. The van der Waals surface area contributed by atoms with E-state index in [1.54, 1.807) is 54.6 Å². The average Bonchev–Trinajstić information content (AvgIpc) is 2.93. The number of allylic oxidation sites excluding steroid dienone is 1. The summed E-state index contributed by atoms with van der Waals surface area (Å²) in [6, 6.07) is 14.5. The zero-order chi connectivity index (χ0) is 27.3. The molecule has 4 rings (SSSR count). The number of aliphatic hydroxyl groups excluding tert-OH is 4. The Morgan fingerprint density at radius 1 is 0.921 bits per heavy atom. The lowest BCUT2D eigenvalue weighted by Gasteiger charge is -2.40. The van der Waals surface area contributed by atoms with E-state index >= 15 is 0 Å². The molecule has 1 saturated heterocycles. The minimum absolute atomic E-state index is 0.125. The van der Waals surface area contributed by atoms with Crippen LogP contribution in [0.5, 0.6) is 5.75 Å². The highest BCUT2D eigenvalue weighted by atomic mass is 16.7. The van der Waals surface area contributed by atoms with E-state index in [9.17, 15) is 35.1 Å². The Morgan fingerprint density at radius 3 is 2.37 bits per heavy atom. The molecule has 204 valence electrons. The first-order chi connectivity index (χ1) is 18.2. The SMILES string of the molecule is O=C(OC[C@H]1O[C@@H](Oc2ccccc2COC(=O)[C@]2(O)C=CCC[C@@H]2O)[C@H](O)[C@@H](O)[C@@H]1O)c1ccccc1. The van der Waals surface area contributed by atoms with Crippen LogP contribution in [-0.4, -0.2) is 86.5 Å². The standard InChI is InChI=1S/C27H30O11/c28-20-12-6-7-13-27(20,34)26(33)36-14-17-10-4-5-11-18(17)37-25-23(31)22(30)21(29)19(38-25)15-35-24(32)16-8-2-1-3-9-16/h1-5,7-11,13,19-23,25,28-31,34H,6,12,14-15H2/t19-,20+,21-,22+,23-,25-,27+/m1/s1. The maximum Gasteiger partial charge on any atom is 0.345 e. The highest BCUT2D eigenvalue weighted by Gasteiger charge is 2.46. The molecule has 0 amide bonds. The van der Waals surface area contributed by atoms with Crippen molar-refractivity contribution >= 4 is 11.9 Å². The van der Waals surface area contributed by atoms with Gasteiger partial charge in [-0.15, -0.1) is 0 Å². The molecular weight excluding hydrogens is 500 g/mol. The van der Waals surface area contributed by atoms with E-state index in [1.807, 2.05) is 0 Å². The number of hydrogen-bond acceptors (Lipinski definition) is 11. The molecule has 11 heteroatoms. The van der Waals surface area contributed by atoms with Crippen LogP contribution in [0.15, 0.2) is 66.7 Å². The van der Waals surface area contributed by atoms with Gasteiger partial charge in [0.25, 0.3) is 0 Å². The molecule has 1 heterocycles. The van der Waals surface area contributed by atoms with Gasteiger partial charge in [0.15, 0.2) is 0 Å². The third-order valence-electron chi connectivity index (χ3n) is 6.44. The van der Waals surface area contributed by atoms with E-state index in [0.717, 1.165) is 0 Å². The van der Waals surface area contributed by atoms with E-state index < -0.39 is 61.0 Å². The van der Waals surface area contributed by atoms with Crippen LogP contribution in [0.4, 0.5) is 0 Å². The van der Waals surface area contributed by atoms with Gasteiger partial charge in [-0.25, -0.2) is 9.59 Å². The summed E-state index contributed by atoms with van der Waals surface area (Å²) in [5.41, 5.74) is -1.54. The fourth-order valence-electron chi connectivity index (χ4n) is 4.14. The lowest BCUT2D eigenvalue weighted by molar-refractivity contribution is -0.277. The van der Waals surface area contributed by atoms with Crippen molar-refractivity contribution in [1.29, 1.82) is 0 Å². The molecule has 0 unspecified atom stereocenters. The molecule has 0 radical (unpaired) electrons. The van der Waals surface area contributed by atoms with Crippen LogP contribution < -0.4 is 4.74 Å². The number of benzene rings is 2. The monoisotopic (exact) mass is 530 g/mol. The molecule has 38 heavy (non-hydrogen) atoms. The summed E-state index contributed by atoms with van der Waals surface area (Å²) in [6.07, 6.45) is -5.40. The molecule has 7 atom stereocenters. The van der Waals surface area contributed by atoms with E-state index in [-0.39, 0.29) is 24.3 Å². The molecule has 2 aromatic carbocycles. The van der Waals surface area contributed by atoms with Crippen LogP contribution in [-0.2, 0) is 25.6 Å². The number of hydrogen-bond donors (Lipinski definition) is 5. The Morgan fingerprint density at radius 2 is 1.63 bits per heavy atom. The minimum Gasteiger partial charge on any atom is -0.462 e. The summed E-state index contributed by atoms with van der Waals surface area (Å²) in [7, 11) is 0.